The Morgan fingerprint density at radius 2 is 1.62 bits per heavy atom. The molecule has 0 saturated carbocycles. The van der Waals surface area contributed by atoms with Gasteiger partial charge in [0.25, 0.3) is 0 Å². The molecule has 1 atom stereocenters. The van der Waals surface area contributed by atoms with E-state index in [2.05, 4.69) is 10.2 Å². The third kappa shape index (κ3) is 7.15. The van der Waals surface area contributed by atoms with Gasteiger partial charge in [0.1, 0.15) is 5.82 Å². The number of sulfonamides is 1. The minimum absolute atomic E-state index is 0.0384. The maximum Gasteiger partial charge on any atom is 0.243 e. The number of hydrogen-bond acceptors (Lipinski definition) is 5. The number of piperazine rings is 1. The normalized spacial score (nSPS) is 21.2. The van der Waals surface area contributed by atoms with Gasteiger partial charge < -0.3 is 10.2 Å². The number of halogens is 1. The van der Waals surface area contributed by atoms with E-state index in [1.54, 1.807) is 42.5 Å². The predicted octanol–water partition coefficient (Wildman–Crippen LogP) is 2.47. The summed E-state index contributed by atoms with van der Waals surface area (Å²) in [6.07, 6.45) is 1.68. The number of benzene rings is 2. The molecule has 200 valence electrons. The molecule has 2 heterocycles. The Kier molecular flexibility index (Phi) is 9.28. The van der Waals surface area contributed by atoms with E-state index in [-0.39, 0.29) is 48.0 Å². The number of hydrogen-bond donors (Lipinski definition) is 1. The molecule has 2 aromatic rings. The lowest BCUT2D eigenvalue weighted by atomic mass is 9.97. The minimum atomic E-state index is -3.73. The van der Waals surface area contributed by atoms with Crippen molar-refractivity contribution in [2.24, 2.45) is 5.92 Å². The molecular weight excluding hydrogens is 495 g/mol. The average molecular weight is 531 g/mol. The quantitative estimate of drug-likeness (QED) is 0.642. The van der Waals surface area contributed by atoms with Crippen LogP contribution in [0.15, 0.2) is 59.5 Å². The molecule has 4 rings (SSSR count). The number of nitrogens with zero attached hydrogens (tertiary/aromatic N) is 3. The molecular formula is C27H35FN4O4S. The largest absolute Gasteiger partial charge is 0.356 e. The van der Waals surface area contributed by atoms with Gasteiger partial charge in [-0.1, -0.05) is 36.4 Å². The van der Waals surface area contributed by atoms with Crippen molar-refractivity contribution in [3.8, 4) is 0 Å². The zero-order chi connectivity index (χ0) is 26.3. The van der Waals surface area contributed by atoms with Crippen LogP contribution in [0.2, 0.25) is 0 Å². The summed E-state index contributed by atoms with van der Waals surface area (Å²) >= 11 is 0. The Labute approximate surface area is 218 Å². The fraction of sp³-hybridized carbons (Fsp3) is 0.481. The number of nitrogens with one attached hydrogen (secondary N) is 1. The molecule has 10 heteroatoms. The lowest BCUT2D eigenvalue weighted by Crippen LogP contribution is -2.50. The standard InChI is InChI=1S/C27H35FN4O4S/c28-25-11-5-4-7-23(25)21-30-17-19-31(20-18-30)27(34)22-8-6-15-32(16-13-26(33)29-14-12-22)37(35,36)24-9-2-1-3-10-24/h1-5,7,9-11,22H,6,8,12-21H2,(H,29,33). The van der Waals surface area contributed by atoms with E-state index in [0.29, 0.717) is 64.1 Å². The summed E-state index contributed by atoms with van der Waals surface area (Å²) in [6.45, 7) is 3.69. The van der Waals surface area contributed by atoms with Crippen molar-refractivity contribution < 1.29 is 22.4 Å². The summed E-state index contributed by atoms with van der Waals surface area (Å²) in [5.41, 5.74) is 0.649. The topological polar surface area (TPSA) is 90.0 Å². The number of rotatable bonds is 5. The Hall–Kier alpha value is -2.82. The highest BCUT2D eigenvalue weighted by molar-refractivity contribution is 7.89. The summed E-state index contributed by atoms with van der Waals surface area (Å²) in [4.78, 5) is 30.0. The van der Waals surface area contributed by atoms with Crippen molar-refractivity contribution in [2.75, 3.05) is 45.8 Å². The Morgan fingerprint density at radius 1 is 0.919 bits per heavy atom. The fourth-order valence-electron chi connectivity index (χ4n) is 4.95. The summed E-state index contributed by atoms with van der Waals surface area (Å²) in [5, 5.41) is 2.84. The van der Waals surface area contributed by atoms with Crippen LogP contribution in [-0.4, -0.2) is 80.2 Å². The highest BCUT2D eigenvalue weighted by atomic mass is 32.2. The molecule has 2 saturated heterocycles. The van der Waals surface area contributed by atoms with E-state index >= 15 is 0 Å². The molecule has 0 radical (unpaired) electrons. The minimum Gasteiger partial charge on any atom is -0.356 e. The molecule has 0 aromatic heterocycles. The second kappa shape index (κ2) is 12.6. The molecule has 2 aromatic carbocycles. The summed E-state index contributed by atoms with van der Waals surface area (Å²) < 4.78 is 41.7. The molecule has 1 N–H and O–H groups in total. The first-order valence-corrected chi connectivity index (χ1v) is 14.3. The van der Waals surface area contributed by atoms with E-state index in [1.165, 1.54) is 10.4 Å². The molecule has 0 bridgehead atoms. The molecule has 2 aliphatic rings. The van der Waals surface area contributed by atoms with Gasteiger partial charge in [0.15, 0.2) is 0 Å². The zero-order valence-electron chi connectivity index (χ0n) is 21.0. The highest BCUT2D eigenvalue weighted by Crippen LogP contribution is 2.21. The molecule has 2 fully saturated rings. The van der Waals surface area contributed by atoms with Gasteiger partial charge in [0.2, 0.25) is 21.8 Å². The van der Waals surface area contributed by atoms with E-state index in [0.717, 1.165) is 0 Å². The number of carbonyl (C=O) groups excluding carboxylic acids is 2. The third-order valence-electron chi connectivity index (χ3n) is 7.13. The van der Waals surface area contributed by atoms with Gasteiger partial charge in [-0.2, -0.15) is 4.31 Å². The van der Waals surface area contributed by atoms with Gasteiger partial charge >= 0.3 is 0 Å². The Morgan fingerprint density at radius 3 is 2.35 bits per heavy atom. The van der Waals surface area contributed by atoms with Crippen molar-refractivity contribution in [1.82, 2.24) is 19.4 Å². The maximum atomic E-state index is 14.0. The summed E-state index contributed by atoms with van der Waals surface area (Å²) in [7, 11) is -3.73. The van der Waals surface area contributed by atoms with Gasteiger partial charge in [-0.05, 0) is 37.5 Å². The lowest BCUT2D eigenvalue weighted by molar-refractivity contribution is -0.138. The Balaban J connectivity index is 1.36. The van der Waals surface area contributed by atoms with Crippen LogP contribution < -0.4 is 5.32 Å². The average Bonchev–Trinajstić information content (AvgIpc) is 2.95. The van der Waals surface area contributed by atoms with Crippen molar-refractivity contribution in [3.05, 3.63) is 66.0 Å². The smallest absolute Gasteiger partial charge is 0.243 e. The second-order valence-corrected chi connectivity index (χ2v) is 11.6. The van der Waals surface area contributed by atoms with Crippen LogP contribution in [0.5, 0.6) is 0 Å². The first-order chi connectivity index (χ1) is 17.8. The van der Waals surface area contributed by atoms with Crippen molar-refractivity contribution in [3.63, 3.8) is 0 Å². The van der Waals surface area contributed by atoms with E-state index < -0.39 is 10.0 Å². The highest BCUT2D eigenvalue weighted by Gasteiger charge is 2.30. The Bertz CT molecular complexity index is 1170. The molecule has 0 spiro atoms. The van der Waals surface area contributed by atoms with Crippen LogP contribution in [0.1, 0.15) is 31.2 Å². The molecule has 0 aliphatic carbocycles. The lowest BCUT2D eigenvalue weighted by Gasteiger charge is -2.36. The van der Waals surface area contributed by atoms with Gasteiger partial charge in [0, 0.05) is 70.3 Å². The van der Waals surface area contributed by atoms with Crippen LogP contribution in [0.25, 0.3) is 0 Å². The summed E-state index contributed by atoms with van der Waals surface area (Å²) in [5.74, 6) is -0.693. The molecule has 37 heavy (non-hydrogen) atoms. The van der Waals surface area contributed by atoms with Gasteiger partial charge in [-0.25, -0.2) is 12.8 Å². The third-order valence-corrected chi connectivity index (χ3v) is 9.04. The number of carbonyl (C=O) groups is 2. The SMILES string of the molecule is O=C1CCN(S(=O)(=O)c2ccccc2)CCCC(C(=O)N2CCN(Cc3ccccc3F)CC2)CCN1. The molecule has 1 unspecified atom stereocenters. The van der Waals surface area contributed by atoms with E-state index in [9.17, 15) is 22.4 Å². The van der Waals surface area contributed by atoms with E-state index in [4.69, 9.17) is 0 Å². The monoisotopic (exact) mass is 530 g/mol. The van der Waals surface area contributed by atoms with E-state index in [1.807, 2.05) is 11.0 Å². The predicted molar refractivity (Wildman–Crippen MR) is 138 cm³/mol. The fourth-order valence-corrected chi connectivity index (χ4v) is 6.45. The van der Waals surface area contributed by atoms with Gasteiger partial charge in [0.05, 0.1) is 4.90 Å². The van der Waals surface area contributed by atoms with Crippen LogP contribution >= 0.6 is 0 Å². The van der Waals surface area contributed by atoms with Crippen LogP contribution in [0, 0.1) is 11.7 Å². The summed E-state index contributed by atoms with van der Waals surface area (Å²) in [6, 6.07) is 15.0. The zero-order valence-corrected chi connectivity index (χ0v) is 21.8. The van der Waals surface area contributed by atoms with Gasteiger partial charge in [-0.3, -0.25) is 14.5 Å². The first kappa shape index (κ1) is 27.2. The van der Waals surface area contributed by atoms with Crippen molar-refractivity contribution in [1.29, 1.82) is 0 Å². The van der Waals surface area contributed by atoms with Crippen molar-refractivity contribution >= 4 is 21.8 Å². The molecule has 2 amide bonds. The van der Waals surface area contributed by atoms with Crippen LogP contribution in [0.3, 0.4) is 0 Å². The molecule has 8 nitrogen and oxygen atoms in total. The van der Waals surface area contributed by atoms with Crippen LogP contribution in [-0.2, 0) is 26.2 Å². The second-order valence-electron chi connectivity index (χ2n) is 9.64. The van der Waals surface area contributed by atoms with Gasteiger partial charge in [-0.15, -0.1) is 0 Å². The maximum absolute atomic E-state index is 14.0. The van der Waals surface area contributed by atoms with Crippen molar-refractivity contribution in [2.45, 2.75) is 37.1 Å². The van der Waals surface area contributed by atoms with Crippen LogP contribution in [0.4, 0.5) is 4.39 Å². The molecule has 2 aliphatic heterocycles. The first-order valence-electron chi connectivity index (χ1n) is 12.9. The number of amides is 2.